The highest BCUT2D eigenvalue weighted by atomic mass is 16.5. The van der Waals surface area contributed by atoms with Gasteiger partial charge < -0.3 is 19.9 Å². The van der Waals surface area contributed by atoms with Gasteiger partial charge in [0.15, 0.2) is 0 Å². The Morgan fingerprint density at radius 2 is 1.90 bits per heavy atom. The summed E-state index contributed by atoms with van der Waals surface area (Å²) in [4.78, 5) is 16.6. The van der Waals surface area contributed by atoms with Gasteiger partial charge in [-0.25, -0.2) is 0 Å². The minimum Gasteiger partial charge on any atom is -0.378 e. The Labute approximate surface area is 119 Å². The molecule has 5 nitrogen and oxygen atoms in total. The average molecular weight is 275 g/mol. The number of benzene rings is 1. The zero-order valence-corrected chi connectivity index (χ0v) is 11.6. The molecule has 0 aliphatic carbocycles. The molecule has 0 saturated carbocycles. The van der Waals surface area contributed by atoms with Crippen molar-refractivity contribution in [2.24, 2.45) is 0 Å². The van der Waals surface area contributed by atoms with Crippen LogP contribution in [-0.2, 0) is 9.53 Å². The molecular weight excluding hydrogens is 254 g/mol. The number of ether oxygens (including phenoxy) is 1. The van der Waals surface area contributed by atoms with Crippen LogP contribution in [0.25, 0.3) is 0 Å². The first-order valence-electron chi connectivity index (χ1n) is 7.24. The molecule has 2 aliphatic heterocycles. The van der Waals surface area contributed by atoms with E-state index in [2.05, 4.69) is 34.5 Å². The molecule has 20 heavy (non-hydrogen) atoms. The number of carbonyl (C=O) groups excluding carboxylic acids is 1. The van der Waals surface area contributed by atoms with E-state index in [0.29, 0.717) is 13.2 Å². The molecule has 0 bridgehead atoms. The van der Waals surface area contributed by atoms with Crippen LogP contribution in [0.4, 0.5) is 5.69 Å². The van der Waals surface area contributed by atoms with Crippen LogP contribution in [-0.4, -0.2) is 62.8 Å². The number of nitrogens with one attached hydrogen (secondary N) is 1. The highest BCUT2D eigenvalue weighted by molar-refractivity contribution is 5.82. The minimum atomic E-state index is -0.160. The molecule has 1 unspecified atom stereocenters. The molecule has 1 atom stereocenters. The number of hydrogen-bond acceptors (Lipinski definition) is 4. The van der Waals surface area contributed by atoms with Gasteiger partial charge in [-0.2, -0.15) is 0 Å². The van der Waals surface area contributed by atoms with Crippen LogP contribution in [0.15, 0.2) is 30.3 Å². The number of rotatable bonds is 2. The zero-order valence-electron chi connectivity index (χ0n) is 11.6. The molecule has 0 radical (unpaired) electrons. The fourth-order valence-corrected chi connectivity index (χ4v) is 2.77. The number of para-hydroxylation sites is 1. The summed E-state index contributed by atoms with van der Waals surface area (Å²) in [5, 5.41) is 3.23. The smallest absolute Gasteiger partial charge is 0.242 e. The highest BCUT2D eigenvalue weighted by Crippen LogP contribution is 2.16. The summed E-state index contributed by atoms with van der Waals surface area (Å²) in [6, 6.07) is 10.2. The minimum absolute atomic E-state index is 0.160. The lowest BCUT2D eigenvalue weighted by molar-refractivity contribution is -0.136. The monoisotopic (exact) mass is 275 g/mol. The summed E-state index contributed by atoms with van der Waals surface area (Å²) < 4.78 is 5.36. The number of nitrogens with zero attached hydrogens (tertiary/aromatic N) is 2. The molecule has 2 heterocycles. The van der Waals surface area contributed by atoms with E-state index in [4.69, 9.17) is 4.74 Å². The Hall–Kier alpha value is -1.59. The van der Waals surface area contributed by atoms with E-state index in [1.54, 1.807) is 0 Å². The molecule has 3 rings (SSSR count). The van der Waals surface area contributed by atoms with Crippen molar-refractivity contribution < 1.29 is 9.53 Å². The Morgan fingerprint density at radius 1 is 1.15 bits per heavy atom. The van der Waals surface area contributed by atoms with E-state index in [-0.39, 0.29) is 11.9 Å². The maximum atomic E-state index is 12.4. The third-order valence-electron chi connectivity index (χ3n) is 3.93. The first-order valence-corrected chi connectivity index (χ1v) is 7.24. The lowest BCUT2D eigenvalue weighted by Crippen LogP contribution is -2.57. The van der Waals surface area contributed by atoms with E-state index in [1.807, 2.05) is 11.0 Å². The second kappa shape index (κ2) is 6.24. The van der Waals surface area contributed by atoms with Gasteiger partial charge in [-0.05, 0) is 12.1 Å². The Kier molecular flexibility index (Phi) is 4.18. The van der Waals surface area contributed by atoms with E-state index < -0.39 is 0 Å². The summed E-state index contributed by atoms with van der Waals surface area (Å²) in [5.41, 5.74) is 1.23. The Bertz CT molecular complexity index is 438. The van der Waals surface area contributed by atoms with Crippen molar-refractivity contribution in [3.05, 3.63) is 30.3 Å². The third kappa shape index (κ3) is 2.94. The van der Waals surface area contributed by atoms with Gasteiger partial charge in [0.1, 0.15) is 6.04 Å². The number of amides is 1. The molecule has 1 N–H and O–H groups in total. The van der Waals surface area contributed by atoms with Gasteiger partial charge in [0, 0.05) is 38.4 Å². The van der Waals surface area contributed by atoms with Crippen LogP contribution in [0, 0.1) is 0 Å². The third-order valence-corrected chi connectivity index (χ3v) is 3.93. The predicted octanol–water partition coefficient (Wildman–Crippen LogP) is 0.324. The molecule has 2 saturated heterocycles. The SMILES string of the molecule is O=C(C1COCCN1)N1CCN(c2ccccc2)CC1. The van der Waals surface area contributed by atoms with Crippen molar-refractivity contribution >= 4 is 11.6 Å². The van der Waals surface area contributed by atoms with Crippen molar-refractivity contribution in [2.75, 3.05) is 50.8 Å². The fourth-order valence-electron chi connectivity index (χ4n) is 2.77. The first-order chi connectivity index (χ1) is 9.84. The number of morpholine rings is 1. The maximum Gasteiger partial charge on any atom is 0.242 e. The summed E-state index contributed by atoms with van der Waals surface area (Å²) in [6.45, 7) is 5.31. The van der Waals surface area contributed by atoms with Gasteiger partial charge in [0.2, 0.25) is 5.91 Å². The second-order valence-corrected chi connectivity index (χ2v) is 5.23. The molecule has 2 aliphatic rings. The van der Waals surface area contributed by atoms with E-state index in [9.17, 15) is 4.79 Å². The predicted molar refractivity (Wildman–Crippen MR) is 77.8 cm³/mol. The van der Waals surface area contributed by atoms with Crippen molar-refractivity contribution in [3.8, 4) is 0 Å². The molecule has 108 valence electrons. The largest absolute Gasteiger partial charge is 0.378 e. The summed E-state index contributed by atoms with van der Waals surface area (Å²) in [5.74, 6) is 0.178. The number of anilines is 1. The van der Waals surface area contributed by atoms with Crippen LogP contribution in [0.1, 0.15) is 0 Å². The quantitative estimate of drug-likeness (QED) is 0.844. The number of carbonyl (C=O) groups is 1. The highest BCUT2D eigenvalue weighted by Gasteiger charge is 2.28. The van der Waals surface area contributed by atoms with Gasteiger partial charge in [-0.3, -0.25) is 4.79 Å². The lowest BCUT2D eigenvalue weighted by Gasteiger charge is -2.38. The molecule has 0 aromatic heterocycles. The van der Waals surface area contributed by atoms with E-state index in [1.165, 1.54) is 5.69 Å². The summed E-state index contributed by atoms with van der Waals surface area (Å²) >= 11 is 0. The second-order valence-electron chi connectivity index (χ2n) is 5.23. The topological polar surface area (TPSA) is 44.8 Å². The summed E-state index contributed by atoms with van der Waals surface area (Å²) in [6.07, 6.45) is 0. The number of piperazine rings is 1. The van der Waals surface area contributed by atoms with Gasteiger partial charge in [0.05, 0.1) is 13.2 Å². The zero-order chi connectivity index (χ0) is 13.8. The first kappa shape index (κ1) is 13.4. The fraction of sp³-hybridized carbons (Fsp3) is 0.533. The molecule has 1 aromatic carbocycles. The van der Waals surface area contributed by atoms with Gasteiger partial charge in [-0.1, -0.05) is 18.2 Å². The van der Waals surface area contributed by atoms with E-state index >= 15 is 0 Å². The number of hydrogen-bond donors (Lipinski definition) is 1. The molecule has 0 spiro atoms. The lowest BCUT2D eigenvalue weighted by atomic mass is 10.2. The van der Waals surface area contributed by atoms with Crippen LogP contribution in [0.5, 0.6) is 0 Å². The maximum absolute atomic E-state index is 12.4. The summed E-state index contributed by atoms with van der Waals surface area (Å²) in [7, 11) is 0. The van der Waals surface area contributed by atoms with Crippen molar-refractivity contribution in [1.82, 2.24) is 10.2 Å². The van der Waals surface area contributed by atoms with Crippen molar-refractivity contribution in [1.29, 1.82) is 0 Å². The normalized spacial score (nSPS) is 23.7. The standard InChI is InChI=1S/C15H21N3O2/c19-15(14-12-20-11-6-16-14)18-9-7-17(8-10-18)13-4-2-1-3-5-13/h1-5,14,16H,6-12H2. The van der Waals surface area contributed by atoms with Crippen LogP contribution < -0.4 is 10.2 Å². The van der Waals surface area contributed by atoms with Gasteiger partial charge in [0.25, 0.3) is 0 Å². The van der Waals surface area contributed by atoms with Crippen LogP contribution in [0.3, 0.4) is 0 Å². The van der Waals surface area contributed by atoms with Crippen molar-refractivity contribution in [2.45, 2.75) is 6.04 Å². The molecule has 1 amide bonds. The molecule has 5 heteroatoms. The van der Waals surface area contributed by atoms with Gasteiger partial charge in [-0.15, -0.1) is 0 Å². The molecule has 2 fully saturated rings. The molecular formula is C15H21N3O2. The van der Waals surface area contributed by atoms with Crippen molar-refractivity contribution in [3.63, 3.8) is 0 Å². The van der Waals surface area contributed by atoms with E-state index in [0.717, 1.165) is 32.7 Å². The molecule has 1 aromatic rings. The Balaban J connectivity index is 1.54. The average Bonchev–Trinajstić information content (AvgIpc) is 2.56. The van der Waals surface area contributed by atoms with Gasteiger partial charge >= 0.3 is 0 Å². The Morgan fingerprint density at radius 3 is 2.55 bits per heavy atom. The van der Waals surface area contributed by atoms with Crippen LogP contribution in [0.2, 0.25) is 0 Å². The van der Waals surface area contributed by atoms with Crippen LogP contribution >= 0.6 is 0 Å².